The van der Waals surface area contributed by atoms with E-state index in [-0.39, 0.29) is 5.69 Å². The smallest absolute Gasteiger partial charge is 0.268 e. The second kappa shape index (κ2) is 4.27. The first-order chi connectivity index (χ1) is 6.25. The number of carbonyl (C=O) groups is 1. The molecule has 0 radical (unpaired) electrons. The molecule has 0 spiro atoms. The van der Waals surface area contributed by atoms with Crippen LogP contribution >= 0.6 is 0 Å². The molecule has 3 heteroatoms. The van der Waals surface area contributed by atoms with E-state index in [1.54, 1.807) is 12.1 Å². The van der Waals surface area contributed by atoms with Gasteiger partial charge in [-0.15, -0.1) is 0 Å². The van der Waals surface area contributed by atoms with Crippen molar-refractivity contribution in [1.29, 1.82) is 0 Å². The quantitative estimate of drug-likeness (QED) is 0.644. The molecule has 0 aliphatic heterocycles. The minimum absolute atomic E-state index is 0.239. The van der Waals surface area contributed by atoms with Crippen molar-refractivity contribution in [3.05, 3.63) is 29.6 Å². The Balaban J connectivity index is 3.12. The second-order valence-electron chi connectivity index (χ2n) is 2.42. The monoisotopic (exact) mass is 174 g/mol. The Labute approximate surface area is 77.0 Å². The predicted molar refractivity (Wildman–Crippen MR) is 49.9 cm³/mol. The maximum absolute atomic E-state index is 10.9. The standard InChI is InChI=1S/C10H10N2O/c1-2-3-5-8-6-4-7-12-9(8)10(11)13/h4,6-7H,2H2,1H3,(H2,11,13). The molecule has 2 N–H and O–H groups in total. The van der Waals surface area contributed by atoms with E-state index in [0.717, 1.165) is 6.42 Å². The summed E-state index contributed by atoms with van der Waals surface area (Å²) in [4.78, 5) is 14.7. The van der Waals surface area contributed by atoms with Crippen LogP contribution in [0.25, 0.3) is 0 Å². The van der Waals surface area contributed by atoms with Crippen LogP contribution in [0.15, 0.2) is 18.3 Å². The van der Waals surface area contributed by atoms with E-state index in [0.29, 0.717) is 5.56 Å². The lowest BCUT2D eigenvalue weighted by atomic mass is 10.2. The van der Waals surface area contributed by atoms with Crippen LogP contribution in [0.3, 0.4) is 0 Å². The van der Waals surface area contributed by atoms with Gasteiger partial charge in [-0.05, 0) is 12.1 Å². The Kier molecular flexibility index (Phi) is 3.04. The number of nitrogens with two attached hydrogens (primary N) is 1. The third-order valence-electron chi connectivity index (χ3n) is 1.44. The molecule has 0 fully saturated rings. The highest BCUT2D eigenvalue weighted by Crippen LogP contribution is 2.01. The van der Waals surface area contributed by atoms with Gasteiger partial charge in [0.1, 0.15) is 5.69 Å². The maximum Gasteiger partial charge on any atom is 0.268 e. The summed E-state index contributed by atoms with van der Waals surface area (Å²) in [5, 5.41) is 0. The fourth-order valence-corrected chi connectivity index (χ4v) is 0.886. The minimum atomic E-state index is -0.541. The van der Waals surface area contributed by atoms with Gasteiger partial charge in [-0.1, -0.05) is 18.8 Å². The Hall–Kier alpha value is -1.82. The van der Waals surface area contributed by atoms with Gasteiger partial charge >= 0.3 is 0 Å². The van der Waals surface area contributed by atoms with Gasteiger partial charge in [0.15, 0.2) is 0 Å². The summed E-state index contributed by atoms with van der Waals surface area (Å²) in [6, 6.07) is 3.46. The molecule has 0 aromatic carbocycles. The van der Waals surface area contributed by atoms with E-state index in [1.807, 2.05) is 6.92 Å². The van der Waals surface area contributed by atoms with Gasteiger partial charge in [0.25, 0.3) is 5.91 Å². The highest BCUT2D eigenvalue weighted by Gasteiger charge is 2.05. The number of hydrogen-bond acceptors (Lipinski definition) is 2. The van der Waals surface area contributed by atoms with E-state index in [1.165, 1.54) is 6.20 Å². The maximum atomic E-state index is 10.9. The van der Waals surface area contributed by atoms with Crippen molar-refractivity contribution in [1.82, 2.24) is 4.98 Å². The van der Waals surface area contributed by atoms with Crippen molar-refractivity contribution in [2.24, 2.45) is 5.73 Å². The molecule has 1 rings (SSSR count). The minimum Gasteiger partial charge on any atom is -0.364 e. The lowest BCUT2D eigenvalue weighted by molar-refractivity contribution is 0.0995. The van der Waals surface area contributed by atoms with Gasteiger partial charge in [0.2, 0.25) is 0 Å². The molecule has 0 saturated carbocycles. The SMILES string of the molecule is CCC#Cc1cccnc1C(N)=O. The van der Waals surface area contributed by atoms with Crippen LogP contribution < -0.4 is 5.73 Å². The van der Waals surface area contributed by atoms with Gasteiger partial charge in [-0.25, -0.2) is 4.98 Å². The Bertz CT molecular complexity index is 374. The molecule has 1 aromatic heterocycles. The number of aromatic nitrogens is 1. The van der Waals surface area contributed by atoms with Crippen molar-refractivity contribution in [2.75, 3.05) is 0 Å². The molecule has 1 amide bonds. The second-order valence-corrected chi connectivity index (χ2v) is 2.42. The van der Waals surface area contributed by atoms with Crippen LogP contribution in [-0.4, -0.2) is 10.9 Å². The normalized spacial score (nSPS) is 8.69. The summed E-state index contributed by atoms with van der Waals surface area (Å²) in [7, 11) is 0. The molecular weight excluding hydrogens is 164 g/mol. The fourth-order valence-electron chi connectivity index (χ4n) is 0.886. The molecular formula is C10H10N2O. The van der Waals surface area contributed by atoms with E-state index in [4.69, 9.17) is 5.73 Å². The topological polar surface area (TPSA) is 56.0 Å². The molecule has 0 unspecified atom stereocenters. The summed E-state index contributed by atoms with van der Waals surface area (Å²) in [5.74, 6) is 5.15. The zero-order valence-electron chi connectivity index (χ0n) is 7.37. The summed E-state index contributed by atoms with van der Waals surface area (Å²) < 4.78 is 0. The lowest BCUT2D eigenvalue weighted by Crippen LogP contribution is -2.14. The van der Waals surface area contributed by atoms with Crippen LogP contribution in [0.1, 0.15) is 29.4 Å². The molecule has 0 aliphatic carbocycles. The zero-order chi connectivity index (χ0) is 9.68. The Morgan fingerprint density at radius 1 is 1.69 bits per heavy atom. The van der Waals surface area contributed by atoms with E-state index < -0.39 is 5.91 Å². The number of amides is 1. The molecule has 1 aromatic rings. The first-order valence-electron chi connectivity index (χ1n) is 3.99. The Morgan fingerprint density at radius 2 is 2.46 bits per heavy atom. The van der Waals surface area contributed by atoms with Crippen molar-refractivity contribution >= 4 is 5.91 Å². The fraction of sp³-hybridized carbons (Fsp3) is 0.200. The van der Waals surface area contributed by atoms with Crippen molar-refractivity contribution < 1.29 is 4.79 Å². The molecule has 0 aliphatic rings. The van der Waals surface area contributed by atoms with Crippen molar-refractivity contribution in [3.8, 4) is 11.8 Å². The largest absolute Gasteiger partial charge is 0.364 e. The highest BCUT2D eigenvalue weighted by molar-refractivity contribution is 5.93. The van der Waals surface area contributed by atoms with Crippen LogP contribution in [0.2, 0.25) is 0 Å². The van der Waals surface area contributed by atoms with Crippen molar-refractivity contribution in [3.63, 3.8) is 0 Å². The van der Waals surface area contributed by atoms with Gasteiger partial charge in [-0.2, -0.15) is 0 Å². The third-order valence-corrected chi connectivity index (χ3v) is 1.44. The summed E-state index contributed by atoms with van der Waals surface area (Å²) in [5.41, 5.74) is 5.95. The number of rotatable bonds is 1. The molecule has 66 valence electrons. The summed E-state index contributed by atoms with van der Waals surface area (Å²) in [6.07, 6.45) is 2.27. The van der Waals surface area contributed by atoms with Crippen LogP contribution in [0.5, 0.6) is 0 Å². The van der Waals surface area contributed by atoms with E-state index >= 15 is 0 Å². The van der Waals surface area contributed by atoms with Crippen molar-refractivity contribution in [2.45, 2.75) is 13.3 Å². The molecule has 0 saturated heterocycles. The lowest BCUT2D eigenvalue weighted by Gasteiger charge is -1.96. The van der Waals surface area contributed by atoms with Gasteiger partial charge < -0.3 is 5.73 Å². The predicted octanol–water partition coefficient (Wildman–Crippen LogP) is 0.942. The van der Waals surface area contributed by atoms with Gasteiger partial charge in [0, 0.05) is 12.6 Å². The molecule has 13 heavy (non-hydrogen) atoms. The average molecular weight is 174 g/mol. The van der Waals surface area contributed by atoms with E-state index in [9.17, 15) is 4.79 Å². The first-order valence-corrected chi connectivity index (χ1v) is 3.99. The number of nitrogens with zero attached hydrogens (tertiary/aromatic N) is 1. The number of pyridine rings is 1. The van der Waals surface area contributed by atoms with Crippen LogP contribution in [0, 0.1) is 11.8 Å². The first kappa shape index (κ1) is 9.27. The molecule has 3 nitrogen and oxygen atoms in total. The van der Waals surface area contributed by atoms with E-state index in [2.05, 4.69) is 16.8 Å². The number of carbonyl (C=O) groups excluding carboxylic acids is 1. The highest BCUT2D eigenvalue weighted by atomic mass is 16.1. The Morgan fingerprint density at radius 3 is 3.08 bits per heavy atom. The molecule has 0 atom stereocenters. The third kappa shape index (κ3) is 2.31. The summed E-state index contributed by atoms with van der Waals surface area (Å²) >= 11 is 0. The van der Waals surface area contributed by atoms with Gasteiger partial charge in [-0.3, -0.25) is 4.79 Å². The van der Waals surface area contributed by atoms with Crippen LogP contribution in [-0.2, 0) is 0 Å². The van der Waals surface area contributed by atoms with Crippen LogP contribution in [0.4, 0.5) is 0 Å². The molecule has 1 heterocycles. The number of hydrogen-bond donors (Lipinski definition) is 1. The van der Waals surface area contributed by atoms with Gasteiger partial charge in [0.05, 0.1) is 5.56 Å². The number of primary amides is 1. The summed E-state index contributed by atoms with van der Waals surface area (Å²) in [6.45, 7) is 1.94. The zero-order valence-corrected chi connectivity index (χ0v) is 7.37. The molecule has 0 bridgehead atoms. The average Bonchev–Trinajstić information content (AvgIpc) is 2.15.